The number of hydrogen-bond donors (Lipinski definition) is 2. The smallest absolute Gasteiger partial charge is 0.279 e. The van der Waals surface area contributed by atoms with Gasteiger partial charge in [0.25, 0.3) is 5.91 Å². The molecular formula is C17H18ClF2N2O2+. The number of nitrogens with one attached hydrogen (secondary N) is 2. The first-order chi connectivity index (χ1) is 11.4. The molecule has 0 radical (unpaired) electrons. The molecule has 0 spiro atoms. The summed E-state index contributed by atoms with van der Waals surface area (Å²) in [5.74, 6) is -1.19. The van der Waals surface area contributed by atoms with E-state index in [0.717, 1.165) is 10.5 Å². The molecule has 128 valence electrons. The first-order valence-corrected chi connectivity index (χ1v) is 7.65. The fourth-order valence-electron chi connectivity index (χ4n) is 2.29. The number of quaternary nitrogens is 1. The molecule has 0 saturated heterocycles. The van der Waals surface area contributed by atoms with Gasteiger partial charge in [-0.2, -0.15) is 0 Å². The van der Waals surface area contributed by atoms with E-state index in [-0.39, 0.29) is 23.9 Å². The fourth-order valence-corrected chi connectivity index (χ4v) is 2.46. The van der Waals surface area contributed by atoms with Crippen LogP contribution >= 0.6 is 11.6 Å². The number of ether oxygens (including phenoxy) is 1. The maximum Gasteiger partial charge on any atom is 0.279 e. The van der Waals surface area contributed by atoms with Crippen molar-refractivity contribution in [2.45, 2.75) is 6.54 Å². The van der Waals surface area contributed by atoms with Crippen LogP contribution in [-0.2, 0) is 11.3 Å². The van der Waals surface area contributed by atoms with E-state index in [2.05, 4.69) is 5.32 Å². The van der Waals surface area contributed by atoms with E-state index in [1.165, 1.54) is 31.4 Å². The number of carbonyl (C=O) groups excluding carboxylic acids is 1. The van der Waals surface area contributed by atoms with Crippen LogP contribution in [0.5, 0.6) is 5.75 Å². The third kappa shape index (κ3) is 4.91. The van der Waals surface area contributed by atoms with Gasteiger partial charge < -0.3 is 15.0 Å². The molecule has 1 amide bonds. The highest BCUT2D eigenvalue weighted by Gasteiger charge is 2.14. The number of anilines is 1. The van der Waals surface area contributed by atoms with Crippen molar-refractivity contribution in [3.63, 3.8) is 0 Å². The van der Waals surface area contributed by atoms with Crippen molar-refractivity contribution in [3.8, 4) is 5.75 Å². The van der Waals surface area contributed by atoms with E-state index in [9.17, 15) is 13.6 Å². The number of hydrogen-bond acceptors (Lipinski definition) is 2. The monoisotopic (exact) mass is 355 g/mol. The Balaban J connectivity index is 1.94. The van der Waals surface area contributed by atoms with Gasteiger partial charge in [0.05, 0.1) is 19.8 Å². The van der Waals surface area contributed by atoms with Crippen LogP contribution in [0.15, 0.2) is 36.4 Å². The Labute approximate surface area is 144 Å². The molecule has 0 aliphatic carbocycles. The molecule has 7 heteroatoms. The normalized spacial score (nSPS) is 11.9. The third-order valence-electron chi connectivity index (χ3n) is 3.39. The van der Waals surface area contributed by atoms with Crippen molar-refractivity contribution in [2.75, 3.05) is 26.0 Å². The number of methoxy groups -OCH3 is 1. The molecule has 0 heterocycles. The van der Waals surface area contributed by atoms with Crippen molar-refractivity contribution >= 4 is 23.2 Å². The Morgan fingerprint density at radius 3 is 2.62 bits per heavy atom. The van der Waals surface area contributed by atoms with Crippen molar-refractivity contribution in [1.82, 2.24) is 0 Å². The zero-order valence-electron chi connectivity index (χ0n) is 13.3. The molecule has 1 atom stereocenters. The van der Waals surface area contributed by atoms with Crippen molar-refractivity contribution in [1.29, 1.82) is 0 Å². The van der Waals surface area contributed by atoms with Crippen LogP contribution in [0.4, 0.5) is 14.5 Å². The lowest BCUT2D eigenvalue weighted by Gasteiger charge is -2.14. The highest BCUT2D eigenvalue weighted by Crippen LogP contribution is 2.19. The summed E-state index contributed by atoms with van der Waals surface area (Å²) in [5, 5.41) is 2.82. The molecule has 2 aromatic carbocycles. The Morgan fingerprint density at radius 2 is 1.96 bits per heavy atom. The predicted molar refractivity (Wildman–Crippen MR) is 88.4 cm³/mol. The lowest BCUT2D eigenvalue weighted by Crippen LogP contribution is -3.08. The number of amides is 1. The molecule has 0 aromatic heterocycles. The first-order valence-electron chi connectivity index (χ1n) is 7.27. The van der Waals surface area contributed by atoms with Gasteiger partial charge >= 0.3 is 0 Å². The summed E-state index contributed by atoms with van der Waals surface area (Å²) in [6.07, 6.45) is 0. The maximum absolute atomic E-state index is 13.7. The van der Waals surface area contributed by atoms with Gasteiger partial charge in [-0.15, -0.1) is 0 Å². The third-order valence-corrected chi connectivity index (χ3v) is 3.62. The minimum absolute atomic E-state index is 0.0378. The summed E-state index contributed by atoms with van der Waals surface area (Å²) in [4.78, 5) is 12.8. The van der Waals surface area contributed by atoms with Gasteiger partial charge in [-0.25, -0.2) is 8.78 Å². The largest absolute Gasteiger partial charge is 0.494 e. The molecule has 0 fully saturated rings. The van der Waals surface area contributed by atoms with Crippen LogP contribution in [0.2, 0.25) is 5.02 Å². The van der Waals surface area contributed by atoms with E-state index in [1.54, 1.807) is 19.2 Å². The zero-order valence-corrected chi connectivity index (χ0v) is 14.1. The number of halogens is 3. The van der Waals surface area contributed by atoms with Gasteiger partial charge in [0.1, 0.15) is 12.4 Å². The van der Waals surface area contributed by atoms with Crippen LogP contribution in [-0.4, -0.2) is 26.6 Å². The van der Waals surface area contributed by atoms with Gasteiger partial charge in [-0.05, 0) is 36.4 Å². The second-order valence-electron chi connectivity index (χ2n) is 5.45. The molecule has 2 N–H and O–H groups in total. The van der Waals surface area contributed by atoms with Gasteiger partial charge in [-0.1, -0.05) is 11.6 Å². The van der Waals surface area contributed by atoms with Crippen molar-refractivity contribution < 1.29 is 23.2 Å². The van der Waals surface area contributed by atoms with Crippen LogP contribution in [0, 0.1) is 11.6 Å². The van der Waals surface area contributed by atoms with Gasteiger partial charge in [-0.3, -0.25) is 4.79 Å². The molecule has 1 unspecified atom stereocenters. The molecule has 0 aliphatic rings. The van der Waals surface area contributed by atoms with Gasteiger partial charge in [0.15, 0.2) is 18.1 Å². The molecule has 0 aliphatic heterocycles. The van der Waals surface area contributed by atoms with Gasteiger partial charge in [0.2, 0.25) is 0 Å². The standard InChI is InChI=1S/C17H17ClF2N2O2/c1-22(9-11-3-6-16(24-2)14(20)7-11)10-17(23)21-15-8-12(18)4-5-13(15)19/h3-8H,9-10H2,1-2H3,(H,21,23)/p+1. The summed E-state index contributed by atoms with van der Waals surface area (Å²) in [7, 11) is 3.19. The average Bonchev–Trinajstić information content (AvgIpc) is 2.51. The van der Waals surface area contributed by atoms with Crippen LogP contribution in [0.1, 0.15) is 5.56 Å². The van der Waals surface area contributed by atoms with Crippen LogP contribution in [0.3, 0.4) is 0 Å². The summed E-state index contributed by atoms with van der Waals surface area (Å²) in [6.45, 7) is 0.534. The Bertz CT molecular complexity index is 741. The topological polar surface area (TPSA) is 42.8 Å². The molecule has 24 heavy (non-hydrogen) atoms. The van der Waals surface area contributed by atoms with E-state index >= 15 is 0 Å². The van der Waals surface area contributed by atoms with E-state index < -0.39 is 11.6 Å². The number of rotatable bonds is 6. The molecule has 4 nitrogen and oxygen atoms in total. The lowest BCUT2D eigenvalue weighted by atomic mass is 10.2. The first kappa shape index (κ1) is 18.2. The highest BCUT2D eigenvalue weighted by molar-refractivity contribution is 6.30. The summed E-state index contributed by atoms with van der Waals surface area (Å²) in [5.41, 5.74) is 0.767. The quantitative estimate of drug-likeness (QED) is 0.835. The summed E-state index contributed by atoms with van der Waals surface area (Å²) >= 11 is 5.78. The van der Waals surface area contributed by atoms with Gasteiger partial charge in [0, 0.05) is 10.6 Å². The summed E-state index contributed by atoms with van der Waals surface area (Å²) in [6, 6.07) is 8.59. The second kappa shape index (κ2) is 8.08. The molecular weight excluding hydrogens is 338 g/mol. The average molecular weight is 356 g/mol. The maximum atomic E-state index is 13.7. The van der Waals surface area contributed by atoms with Crippen LogP contribution < -0.4 is 15.0 Å². The second-order valence-corrected chi connectivity index (χ2v) is 5.89. The molecule has 0 bridgehead atoms. The Hall–Kier alpha value is -2.18. The molecule has 2 rings (SSSR count). The summed E-state index contributed by atoms with van der Waals surface area (Å²) < 4.78 is 32.1. The Morgan fingerprint density at radius 1 is 1.21 bits per heavy atom. The zero-order chi connectivity index (χ0) is 17.7. The Kier molecular flexibility index (Phi) is 6.11. The van der Waals surface area contributed by atoms with E-state index in [1.807, 2.05) is 0 Å². The fraction of sp³-hybridized carbons (Fsp3) is 0.235. The molecule has 0 saturated carbocycles. The minimum atomic E-state index is -0.553. The van der Waals surface area contributed by atoms with Crippen LogP contribution in [0.25, 0.3) is 0 Å². The van der Waals surface area contributed by atoms with Crippen molar-refractivity contribution in [3.05, 3.63) is 58.6 Å². The van der Waals surface area contributed by atoms with Crippen molar-refractivity contribution in [2.24, 2.45) is 0 Å². The van der Waals surface area contributed by atoms with E-state index in [0.29, 0.717) is 11.6 Å². The number of carbonyl (C=O) groups is 1. The number of benzene rings is 2. The number of likely N-dealkylation sites (N-methyl/N-ethyl adjacent to an activating group) is 1. The highest BCUT2D eigenvalue weighted by atomic mass is 35.5. The minimum Gasteiger partial charge on any atom is -0.494 e. The molecule has 2 aromatic rings. The SMILES string of the molecule is COc1ccc(C[NH+](C)CC(=O)Nc2cc(Cl)ccc2F)cc1F. The predicted octanol–water partition coefficient (Wildman–Crippen LogP) is 2.28. The van der Waals surface area contributed by atoms with E-state index in [4.69, 9.17) is 16.3 Å². The lowest BCUT2D eigenvalue weighted by molar-refractivity contribution is -0.885.